The van der Waals surface area contributed by atoms with Crippen molar-refractivity contribution in [3.8, 4) is 5.75 Å². The van der Waals surface area contributed by atoms with Crippen LogP contribution in [0.2, 0.25) is 0 Å². The van der Waals surface area contributed by atoms with Gasteiger partial charge in [-0.3, -0.25) is 0 Å². The lowest BCUT2D eigenvalue weighted by Gasteiger charge is -2.08. The van der Waals surface area contributed by atoms with Crippen LogP contribution in [0, 0.1) is 0 Å². The fraction of sp³-hybridized carbons (Fsp3) is 0.412. The summed E-state index contributed by atoms with van der Waals surface area (Å²) < 4.78 is 10.5. The average molecular weight is 275 g/mol. The Morgan fingerprint density at radius 2 is 2.05 bits per heavy atom. The Labute approximate surface area is 122 Å². The second-order valence-corrected chi connectivity index (χ2v) is 4.49. The van der Waals surface area contributed by atoms with E-state index in [1.54, 1.807) is 13.2 Å². The summed E-state index contributed by atoms with van der Waals surface area (Å²) in [4.78, 5) is 0. The van der Waals surface area contributed by atoms with Gasteiger partial charge in [-0.15, -0.1) is 0 Å². The molecule has 110 valence electrons. The molecule has 0 aromatic heterocycles. The maximum Gasteiger partial charge on any atom is 0.119 e. The molecule has 1 aromatic carbocycles. The molecule has 1 N–H and O–H groups in total. The van der Waals surface area contributed by atoms with Gasteiger partial charge in [0.15, 0.2) is 0 Å². The van der Waals surface area contributed by atoms with Crippen LogP contribution in [0.25, 0.3) is 6.08 Å². The molecule has 0 radical (unpaired) electrons. The normalized spacial score (nSPS) is 11.4. The number of nitrogens with one attached hydrogen (secondary N) is 1. The van der Waals surface area contributed by atoms with Crippen molar-refractivity contribution in [2.45, 2.75) is 13.3 Å². The molecule has 0 unspecified atom stereocenters. The highest BCUT2D eigenvalue weighted by molar-refractivity contribution is 5.54. The summed E-state index contributed by atoms with van der Waals surface area (Å²) in [5.74, 6) is 0.873. The summed E-state index contributed by atoms with van der Waals surface area (Å²) in [5.41, 5.74) is 2.57. The number of benzene rings is 1. The van der Waals surface area contributed by atoms with E-state index in [0.717, 1.165) is 31.9 Å². The van der Waals surface area contributed by atoms with Crippen LogP contribution in [-0.4, -0.2) is 33.4 Å². The lowest BCUT2D eigenvalue weighted by molar-refractivity contribution is 0.200. The number of hydrogen-bond acceptors (Lipinski definition) is 3. The van der Waals surface area contributed by atoms with E-state index in [0.29, 0.717) is 6.61 Å². The predicted molar refractivity (Wildman–Crippen MR) is 85.1 cm³/mol. The van der Waals surface area contributed by atoms with Crippen LogP contribution >= 0.6 is 0 Å². The third-order valence-electron chi connectivity index (χ3n) is 2.91. The number of ether oxygens (including phenoxy) is 2. The van der Waals surface area contributed by atoms with Gasteiger partial charge in [-0.05, 0) is 24.1 Å². The molecule has 0 saturated heterocycles. The van der Waals surface area contributed by atoms with Crippen molar-refractivity contribution in [2.24, 2.45) is 0 Å². The van der Waals surface area contributed by atoms with E-state index < -0.39 is 0 Å². The largest absolute Gasteiger partial charge is 0.490 e. The van der Waals surface area contributed by atoms with Crippen molar-refractivity contribution >= 4 is 6.08 Å². The molecular formula is C17H25NO2. The van der Waals surface area contributed by atoms with Gasteiger partial charge in [-0.1, -0.05) is 43.4 Å². The average Bonchev–Trinajstić information content (AvgIpc) is 2.49. The number of methoxy groups -OCH3 is 1. The Bertz CT molecular complexity index is 410. The minimum absolute atomic E-state index is 0.540. The SMILES string of the molecule is C=CCOc1ccc(C=C(CC)CNCCOC)cc1. The first-order valence-corrected chi connectivity index (χ1v) is 7.03. The summed E-state index contributed by atoms with van der Waals surface area (Å²) in [6, 6.07) is 8.12. The monoisotopic (exact) mass is 275 g/mol. The maximum absolute atomic E-state index is 5.47. The third-order valence-corrected chi connectivity index (χ3v) is 2.91. The van der Waals surface area contributed by atoms with E-state index in [1.807, 2.05) is 12.1 Å². The summed E-state index contributed by atoms with van der Waals surface area (Å²) >= 11 is 0. The van der Waals surface area contributed by atoms with E-state index in [-0.39, 0.29) is 0 Å². The van der Waals surface area contributed by atoms with Crippen molar-refractivity contribution in [2.75, 3.05) is 33.4 Å². The molecular weight excluding hydrogens is 250 g/mol. The molecule has 0 fully saturated rings. The van der Waals surface area contributed by atoms with E-state index in [9.17, 15) is 0 Å². The topological polar surface area (TPSA) is 30.5 Å². The quantitative estimate of drug-likeness (QED) is 0.525. The maximum atomic E-state index is 5.47. The van der Waals surface area contributed by atoms with Crippen LogP contribution in [0.3, 0.4) is 0 Å². The smallest absolute Gasteiger partial charge is 0.119 e. The summed E-state index contributed by atoms with van der Waals surface area (Å²) in [6.07, 6.45) is 5.00. The molecule has 1 rings (SSSR count). The van der Waals surface area contributed by atoms with Gasteiger partial charge >= 0.3 is 0 Å². The molecule has 3 heteroatoms. The zero-order valence-electron chi connectivity index (χ0n) is 12.5. The van der Waals surface area contributed by atoms with Crippen LogP contribution in [0.15, 0.2) is 42.5 Å². The lowest BCUT2D eigenvalue weighted by Crippen LogP contribution is -2.21. The van der Waals surface area contributed by atoms with Gasteiger partial charge in [-0.25, -0.2) is 0 Å². The van der Waals surface area contributed by atoms with Crippen LogP contribution in [0.5, 0.6) is 5.75 Å². The van der Waals surface area contributed by atoms with Gasteiger partial charge in [0, 0.05) is 20.2 Å². The first kappa shape index (κ1) is 16.5. The van der Waals surface area contributed by atoms with Crippen molar-refractivity contribution in [3.63, 3.8) is 0 Å². The molecule has 0 aliphatic rings. The fourth-order valence-corrected chi connectivity index (χ4v) is 1.75. The van der Waals surface area contributed by atoms with Crippen LogP contribution in [-0.2, 0) is 4.74 Å². The molecule has 0 aliphatic carbocycles. The van der Waals surface area contributed by atoms with Crippen LogP contribution in [0.4, 0.5) is 0 Å². The van der Waals surface area contributed by atoms with Gasteiger partial charge in [-0.2, -0.15) is 0 Å². The summed E-state index contributed by atoms with van der Waals surface area (Å²) in [6.45, 7) is 8.86. The molecule has 0 atom stereocenters. The van der Waals surface area contributed by atoms with Gasteiger partial charge in [0.1, 0.15) is 12.4 Å². The zero-order chi connectivity index (χ0) is 14.6. The Balaban J connectivity index is 2.53. The molecule has 0 spiro atoms. The van der Waals surface area contributed by atoms with Crippen LogP contribution < -0.4 is 10.1 Å². The van der Waals surface area contributed by atoms with Gasteiger partial charge < -0.3 is 14.8 Å². The highest BCUT2D eigenvalue weighted by Gasteiger charge is 1.97. The second kappa shape index (κ2) is 10.2. The number of hydrogen-bond donors (Lipinski definition) is 1. The number of rotatable bonds is 10. The minimum Gasteiger partial charge on any atom is -0.490 e. The molecule has 0 amide bonds. The lowest BCUT2D eigenvalue weighted by atomic mass is 10.1. The second-order valence-electron chi connectivity index (χ2n) is 4.49. The molecule has 0 heterocycles. The van der Waals surface area contributed by atoms with Crippen LogP contribution in [0.1, 0.15) is 18.9 Å². The Morgan fingerprint density at radius 3 is 2.65 bits per heavy atom. The van der Waals surface area contributed by atoms with Crippen molar-refractivity contribution in [3.05, 3.63) is 48.1 Å². The predicted octanol–water partition coefficient (Wildman–Crippen LogP) is 3.28. The molecule has 20 heavy (non-hydrogen) atoms. The molecule has 3 nitrogen and oxygen atoms in total. The Kier molecular flexibility index (Phi) is 8.43. The van der Waals surface area contributed by atoms with E-state index in [4.69, 9.17) is 9.47 Å². The minimum atomic E-state index is 0.540. The molecule has 0 aliphatic heterocycles. The zero-order valence-corrected chi connectivity index (χ0v) is 12.5. The van der Waals surface area contributed by atoms with Crippen molar-refractivity contribution < 1.29 is 9.47 Å². The van der Waals surface area contributed by atoms with E-state index in [1.165, 1.54) is 11.1 Å². The summed E-state index contributed by atoms with van der Waals surface area (Å²) in [7, 11) is 1.72. The Hall–Kier alpha value is -1.58. The standard InChI is InChI=1S/C17H25NO2/c1-4-11-20-17-8-6-16(7-9-17)13-15(5-2)14-18-10-12-19-3/h4,6-9,13,18H,1,5,10-12,14H2,2-3H3. The van der Waals surface area contributed by atoms with E-state index >= 15 is 0 Å². The fourth-order valence-electron chi connectivity index (χ4n) is 1.75. The van der Waals surface area contributed by atoms with Crippen molar-refractivity contribution in [1.29, 1.82) is 0 Å². The van der Waals surface area contributed by atoms with Gasteiger partial charge in [0.2, 0.25) is 0 Å². The highest BCUT2D eigenvalue weighted by atomic mass is 16.5. The first-order valence-electron chi connectivity index (χ1n) is 7.03. The van der Waals surface area contributed by atoms with Crippen molar-refractivity contribution in [1.82, 2.24) is 5.32 Å². The third kappa shape index (κ3) is 6.55. The van der Waals surface area contributed by atoms with E-state index in [2.05, 4.69) is 37.0 Å². The molecule has 0 saturated carbocycles. The first-order chi connectivity index (χ1) is 9.80. The molecule has 1 aromatic rings. The van der Waals surface area contributed by atoms with Gasteiger partial charge in [0.25, 0.3) is 0 Å². The van der Waals surface area contributed by atoms with Gasteiger partial charge in [0.05, 0.1) is 6.61 Å². The Morgan fingerprint density at radius 1 is 1.30 bits per heavy atom. The summed E-state index contributed by atoms with van der Waals surface area (Å²) in [5, 5.41) is 3.37. The highest BCUT2D eigenvalue weighted by Crippen LogP contribution is 2.15. The molecule has 0 bridgehead atoms.